The number of carbonyl (C=O) groups excluding carboxylic acids is 1. The van der Waals surface area contributed by atoms with Crippen molar-refractivity contribution in [3.8, 4) is 17.0 Å². The summed E-state index contributed by atoms with van der Waals surface area (Å²) in [6.45, 7) is 0. The first-order valence-corrected chi connectivity index (χ1v) is 6.73. The van der Waals surface area contributed by atoms with E-state index in [9.17, 15) is 18.0 Å². The number of aromatic nitrogens is 2. The number of carbonyl (C=O) groups is 1. The maximum atomic E-state index is 13.0. The fourth-order valence-electron chi connectivity index (χ4n) is 2.10. The minimum atomic E-state index is -4.50. The van der Waals surface area contributed by atoms with E-state index in [-0.39, 0.29) is 17.1 Å². The van der Waals surface area contributed by atoms with Gasteiger partial charge in [0.25, 0.3) is 0 Å². The van der Waals surface area contributed by atoms with Gasteiger partial charge in [-0.25, -0.2) is 4.68 Å². The van der Waals surface area contributed by atoms with Gasteiger partial charge in [0.05, 0.1) is 22.5 Å². The van der Waals surface area contributed by atoms with Crippen LogP contribution in [0.1, 0.15) is 16.1 Å². The highest BCUT2D eigenvalue weighted by Crippen LogP contribution is 2.36. The molecule has 118 valence electrons. The highest BCUT2D eigenvalue weighted by molar-refractivity contribution is 6.30. The minimum Gasteiger partial charge on any atom is -0.453 e. The molecule has 0 aliphatic heterocycles. The second-order valence-corrected chi connectivity index (χ2v) is 5.09. The number of alkyl halides is 3. The number of furan rings is 1. The van der Waals surface area contributed by atoms with Crippen molar-refractivity contribution in [2.75, 3.05) is 0 Å². The Bertz CT molecular complexity index is 868. The number of hydrogen-bond acceptors (Lipinski definition) is 3. The molecule has 1 aromatic carbocycles. The van der Waals surface area contributed by atoms with Gasteiger partial charge in [-0.3, -0.25) is 4.79 Å². The predicted octanol–water partition coefficient (Wildman–Crippen LogP) is 4.62. The summed E-state index contributed by atoms with van der Waals surface area (Å²) < 4.78 is 45.5. The van der Waals surface area contributed by atoms with Crippen LogP contribution >= 0.6 is 11.6 Å². The third-order valence-corrected chi connectivity index (χ3v) is 3.33. The molecule has 0 saturated carbocycles. The SMILES string of the molecule is O=Cc1ccc(-c2cc(C(F)(F)F)ccc2-n2cc(Cl)cn2)o1. The first-order valence-electron chi connectivity index (χ1n) is 6.35. The summed E-state index contributed by atoms with van der Waals surface area (Å²) in [6.07, 6.45) is -1.21. The number of benzene rings is 1. The summed E-state index contributed by atoms with van der Waals surface area (Å²) in [5.74, 6) is 0.140. The molecule has 0 N–H and O–H groups in total. The Kier molecular flexibility index (Phi) is 3.73. The highest BCUT2D eigenvalue weighted by atomic mass is 35.5. The van der Waals surface area contributed by atoms with Crippen LogP contribution in [0.3, 0.4) is 0 Å². The molecule has 0 amide bonds. The molecule has 3 aromatic rings. The zero-order valence-corrected chi connectivity index (χ0v) is 12.1. The summed E-state index contributed by atoms with van der Waals surface area (Å²) in [4.78, 5) is 10.7. The predicted molar refractivity (Wildman–Crippen MR) is 76.7 cm³/mol. The largest absolute Gasteiger partial charge is 0.453 e. The molecule has 8 heteroatoms. The van der Waals surface area contributed by atoms with Crippen molar-refractivity contribution < 1.29 is 22.4 Å². The Morgan fingerprint density at radius 1 is 1.22 bits per heavy atom. The molecule has 0 radical (unpaired) electrons. The van der Waals surface area contributed by atoms with E-state index in [4.69, 9.17) is 16.0 Å². The van der Waals surface area contributed by atoms with Crippen LogP contribution in [0, 0.1) is 0 Å². The van der Waals surface area contributed by atoms with Gasteiger partial charge in [0, 0.05) is 11.8 Å². The van der Waals surface area contributed by atoms with Gasteiger partial charge in [-0.15, -0.1) is 0 Å². The molecule has 0 atom stereocenters. The van der Waals surface area contributed by atoms with E-state index >= 15 is 0 Å². The van der Waals surface area contributed by atoms with Crippen molar-refractivity contribution in [2.45, 2.75) is 6.18 Å². The molecule has 4 nitrogen and oxygen atoms in total. The van der Waals surface area contributed by atoms with Crippen LogP contribution in [0.5, 0.6) is 0 Å². The van der Waals surface area contributed by atoms with Crippen molar-refractivity contribution in [3.05, 3.63) is 59.1 Å². The van der Waals surface area contributed by atoms with Crippen molar-refractivity contribution >= 4 is 17.9 Å². The van der Waals surface area contributed by atoms with Gasteiger partial charge in [0.15, 0.2) is 12.0 Å². The number of halogens is 4. The Balaban J connectivity index is 2.21. The molecule has 3 rings (SSSR count). The first-order chi connectivity index (χ1) is 10.9. The van der Waals surface area contributed by atoms with Crippen LogP contribution in [0.15, 0.2) is 47.1 Å². The molecular formula is C15H8ClF3N2O2. The smallest absolute Gasteiger partial charge is 0.416 e. The van der Waals surface area contributed by atoms with Gasteiger partial charge in [-0.2, -0.15) is 18.3 Å². The lowest BCUT2D eigenvalue weighted by atomic mass is 10.1. The van der Waals surface area contributed by atoms with E-state index < -0.39 is 11.7 Å². The molecule has 0 aliphatic rings. The van der Waals surface area contributed by atoms with Gasteiger partial charge >= 0.3 is 6.18 Å². The van der Waals surface area contributed by atoms with Crippen molar-refractivity contribution in [3.63, 3.8) is 0 Å². The summed E-state index contributed by atoms with van der Waals surface area (Å²) >= 11 is 5.81. The summed E-state index contributed by atoms with van der Waals surface area (Å²) in [7, 11) is 0. The molecule has 0 aliphatic carbocycles. The zero-order valence-electron chi connectivity index (χ0n) is 11.3. The first kappa shape index (κ1) is 15.4. The van der Waals surface area contributed by atoms with Crippen LogP contribution < -0.4 is 0 Å². The number of nitrogens with zero attached hydrogens (tertiary/aromatic N) is 2. The Morgan fingerprint density at radius 2 is 2.00 bits per heavy atom. The van der Waals surface area contributed by atoms with Gasteiger partial charge in [0.2, 0.25) is 0 Å². The monoisotopic (exact) mass is 340 g/mol. The summed E-state index contributed by atoms with van der Waals surface area (Å²) in [5.41, 5.74) is -0.344. The van der Waals surface area contributed by atoms with E-state index in [1.807, 2.05) is 0 Å². The van der Waals surface area contributed by atoms with Gasteiger partial charge < -0.3 is 4.42 Å². The fourth-order valence-corrected chi connectivity index (χ4v) is 2.24. The standard InChI is InChI=1S/C15H8ClF3N2O2/c16-10-6-20-21(7-10)13-3-1-9(15(17,18)19)5-12(13)14-4-2-11(8-22)23-14/h1-8H. The lowest BCUT2D eigenvalue weighted by Crippen LogP contribution is -2.06. The number of aldehydes is 1. The molecule has 0 bridgehead atoms. The Hall–Kier alpha value is -2.54. The van der Waals surface area contributed by atoms with E-state index in [1.54, 1.807) is 0 Å². The van der Waals surface area contributed by atoms with Crippen molar-refractivity contribution in [1.29, 1.82) is 0 Å². The zero-order chi connectivity index (χ0) is 16.6. The molecule has 23 heavy (non-hydrogen) atoms. The third kappa shape index (κ3) is 3.00. The van der Waals surface area contributed by atoms with Crippen molar-refractivity contribution in [2.24, 2.45) is 0 Å². The molecule has 2 heterocycles. The van der Waals surface area contributed by atoms with Crippen LogP contribution in [-0.2, 0) is 6.18 Å². The van der Waals surface area contributed by atoms with Gasteiger partial charge in [-0.05, 0) is 30.3 Å². The van der Waals surface area contributed by atoms with E-state index in [1.165, 1.54) is 35.3 Å². The topological polar surface area (TPSA) is 48.0 Å². The molecule has 0 spiro atoms. The van der Waals surface area contributed by atoms with Crippen LogP contribution in [-0.4, -0.2) is 16.1 Å². The second kappa shape index (κ2) is 5.58. The normalized spacial score (nSPS) is 11.7. The Morgan fingerprint density at radius 3 is 2.57 bits per heavy atom. The average molecular weight is 341 g/mol. The van der Waals surface area contributed by atoms with Gasteiger partial charge in [0.1, 0.15) is 5.76 Å². The molecule has 2 aromatic heterocycles. The fraction of sp³-hybridized carbons (Fsp3) is 0.0667. The molecular weight excluding hydrogens is 333 g/mol. The quantitative estimate of drug-likeness (QED) is 0.654. The Labute approximate surface area is 133 Å². The lowest BCUT2D eigenvalue weighted by Gasteiger charge is -2.12. The molecule has 0 saturated heterocycles. The third-order valence-electron chi connectivity index (χ3n) is 3.13. The van der Waals surface area contributed by atoms with E-state index in [0.29, 0.717) is 17.0 Å². The van der Waals surface area contributed by atoms with E-state index in [2.05, 4.69) is 5.10 Å². The average Bonchev–Trinajstić information content (AvgIpc) is 3.14. The lowest BCUT2D eigenvalue weighted by molar-refractivity contribution is -0.137. The minimum absolute atomic E-state index is 0.0156. The van der Waals surface area contributed by atoms with Crippen molar-refractivity contribution in [1.82, 2.24) is 9.78 Å². The highest BCUT2D eigenvalue weighted by Gasteiger charge is 2.31. The number of hydrogen-bond donors (Lipinski definition) is 0. The maximum absolute atomic E-state index is 13.0. The maximum Gasteiger partial charge on any atom is 0.416 e. The molecule has 0 fully saturated rings. The van der Waals surface area contributed by atoms with Gasteiger partial charge in [-0.1, -0.05) is 11.6 Å². The van der Waals surface area contributed by atoms with Crippen LogP contribution in [0.25, 0.3) is 17.0 Å². The number of rotatable bonds is 3. The summed E-state index contributed by atoms with van der Waals surface area (Å²) in [5, 5.41) is 4.32. The van der Waals surface area contributed by atoms with Crippen LogP contribution in [0.2, 0.25) is 5.02 Å². The van der Waals surface area contributed by atoms with E-state index in [0.717, 1.165) is 12.1 Å². The summed E-state index contributed by atoms with van der Waals surface area (Å²) in [6, 6.07) is 5.96. The second-order valence-electron chi connectivity index (χ2n) is 4.65. The molecule has 0 unspecified atom stereocenters. The van der Waals surface area contributed by atoms with Crippen LogP contribution in [0.4, 0.5) is 13.2 Å².